The number of amides is 1. The van der Waals surface area contributed by atoms with Crippen LogP contribution in [-0.4, -0.2) is 33.3 Å². The molecule has 0 saturated carbocycles. The SMILES string of the molecule is CCC(=O)Oc1c(Br)cc(Cl)cc1[C@H]1Oc2nc(SC)nnc2-c2ccccc2N1C(=O)CC. The van der Waals surface area contributed by atoms with Crippen LogP contribution in [0.25, 0.3) is 11.3 Å². The van der Waals surface area contributed by atoms with Gasteiger partial charge in [-0.3, -0.25) is 14.5 Å². The number of carbonyl (C=O) groups is 2. The van der Waals surface area contributed by atoms with E-state index in [1.807, 2.05) is 24.5 Å². The van der Waals surface area contributed by atoms with Gasteiger partial charge < -0.3 is 9.47 Å². The van der Waals surface area contributed by atoms with Crippen molar-refractivity contribution in [3.05, 3.63) is 51.5 Å². The van der Waals surface area contributed by atoms with Gasteiger partial charge in [0.15, 0.2) is 11.4 Å². The lowest BCUT2D eigenvalue weighted by atomic mass is 10.1. The lowest BCUT2D eigenvalue weighted by Gasteiger charge is -2.31. The Kier molecular flexibility index (Phi) is 7.39. The van der Waals surface area contributed by atoms with Crippen molar-refractivity contribution in [3.63, 3.8) is 0 Å². The molecule has 0 N–H and O–H groups in total. The maximum atomic E-state index is 13.3. The van der Waals surface area contributed by atoms with Crippen LogP contribution in [0.15, 0.2) is 46.0 Å². The second-order valence-corrected chi connectivity index (χ2v) is 9.25. The summed E-state index contributed by atoms with van der Waals surface area (Å²) in [4.78, 5) is 31.6. The summed E-state index contributed by atoms with van der Waals surface area (Å²) in [5, 5.41) is 9.28. The molecule has 176 valence electrons. The Balaban J connectivity index is 2.02. The van der Waals surface area contributed by atoms with Crippen LogP contribution < -0.4 is 14.4 Å². The molecule has 3 aromatic rings. The van der Waals surface area contributed by atoms with Gasteiger partial charge in [-0.15, -0.1) is 10.2 Å². The van der Waals surface area contributed by atoms with E-state index in [9.17, 15) is 9.59 Å². The average Bonchev–Trinajstić information content (AvgIpc) is 2.99. The number of carbonyl (C=O) groups excluding carboxylic acids is 2. The van der Waals surface area contributed by atoms with Crippen molar-refractivity contribution in [2.24, 2.45) is 0 Å². The van der Waals surface area contributed by atoms with E-state index in [-0.39, 0.29) is 30.4 Å². The number of thioether (sulfide) groups is 1. The third kappa shape index (κ3) is 4.62. The molecular weight excluding hydrogens is 544 g/mol. The van der Waals surface area contributed by atoms with E-state index in [1.54, 1.807) is 32.0 Å². The van der Waals surface area contributed by atoms with Crippen LogP contribution >= 0.6 is 39.3 Å². The zero-order chi connectivity index (χ0) is 24.4. The molecule has 8 nitrogen and oxygen atoms in total. The van der Waals surface area contributed by atoms with Crippen molar-refractivity contribution < 1.29 is 19.1 Å². The second kappa shape index (κ2) is 10.3. The third-order valence-corrected chi connectivity index (χ3v) is 6.42. The molecule has 4 rings (SSSR count). The van der Waals surface area contributed by atoms with Crippen molar-refractivity contribution in [1.29, 1.82) is 0 Å². The van der Waals surface area contributed by atoms with Crippen molar-refractivity contribution in [2.75, 3.05) is 11.2 Å². The summed E-state index contributed by atoms with van der Waals surface area (Å²) in [6.07, 6.45) is 1.15. The van der Waals surface area contributed by atoms with Gasteiger partial charge >= 0.3 is 5.97 Å². The van der Waals surface area contributed by atoms with Crippen LogP contribution in [0.1, 0.15) is 38.5 Å². The minimum absolute atomic E-state index is 0.164. The van der Waals surface area contributed by atoms with Crippen LogP contribution in [0.5, 0.6) is 11.6 Å². The van der Waals surface area contributed by atoms with E-state index < -0.39 is 12.2 Å². The predicted molar refractivity (Wildman–Crippen MR) is 133 cm³/mol. The number of anilines is 1. The molecular formula is C23H20BrClN4O4S. The highest BCUT2D eigenvalue weighted by atomic mass is 79.9. The number of fused-ring (bicyclic) bond motifs is 3. The Morgan fingerprint density at radius 2 is 1.97 bits per heavy atom. The number of halogens is 2. The molecule has 1 aliphatic rings. The van der Waals surface area contributed by atoms with Crippen molar-refractivity contribution >= 4 is 56.9 Å². The lowest BCUT2D eigenvalue weighted by molar-refractivity contribution is -0.134. The molecule has 0 radical (unpaired) electrons. The number of nitrogens with zero attached hydrogens (tertiary/aromatic N) is 4. The molecule has 0 bridgehead atoms. The number of rotatable bonds is 5. The van der Waals surface area contributed by atoms with Gasteiger partial charge in [0.05, 0.1) is 15.7 Å². The first-order chi connectivity index (χ1) is 16.4. The van der Waals surface area contributed by atoms with Gasteiger partial charge in [-0.25, -0.2) is 0 Å². The van der Waals surface area contributed by atoms with Gasteiger partial charge in [0.1, 0.15) is 0 Å². The van der Waals surface area contributed by atoms with Crippen LogP contribution in [0.4, 0.5) is 5.69 Å². The molecule has 34 heavy (non-hydrogen) atoms. The first-order valence-corrected chi connectivity index (χ1v) is 12.8. The number of hydrogen-bond donors (Lipinski definition) is 0. The summed E-state index contributed by atoms with van der Waals surface area (Å²) in [6.45, 7) is 3.45. The van der Waals surface area contributed by atoms with Gasteiger partial charge in [-0.2, -0.15) is 4.98 Å². The van der Waals surface area contributed by atoms with Crippen molar-refractivity contribution in [2.45, 2.75) is 38.1 Å². The molecule has 1 amide bonds. The fourth-order valence-electron chi connectivity index (χ4n) is 3.50. The van der Waals surface area contributed by atoms with Gasteiger partial charge in [0, 0.05) is 23.4 Å². The third-order valence-electron chi connectivity index (χ3n) is 5.07. The monoisotopic (exact) mass is 562 g/mol. The Labute approximate surface area is 214 Å². The topological polar surface area (TPSA) is 94.5 Å². The number of esters is 1. The van der Waals surface area contributed by atoms with E-state index in [0.29, 0.717) is 37.2 Å². The summed E-state index contributed by atoms with van der Waals surface area (Å²) in [6, 6.07) is 10.5. The van der Waals surface area contributed by atoms with Crippen LogP contribution in [0, 0.1) is 0 Å². The van der Waals surface area contributed by atoms with Gasteiger partial charge in [0.25, 0.3) is 0 Å². The van der Waals surface area contributed by atoms with Gasteiger partial charge in [-0.05, 0) is 40.4 Å². The Hall–Kier alpha value is -2.69. The fourth-order valence-corrected chi connectivity index (χ4v) is 4.71. The normalized spacial score (nSPS) is 14.5. The predicted octanol–water partition coefficient (Wildman–Crippen LogP) is 5.83. The molecule has 1 aromatic heterocycles. The first kappa shape index (κ1) is 24.4. The molecule has 1 aliphatic heterocycles. The van der Waals surface area contributed by atoms with Crippen molar-refractivity contribution in [3.8, 4) is 22.9 Å². The highest BCUT2D eigenvalue weighted by molar-refractivity contribution is 9.10. The molecule has 11 heteroatoms. The van der Waals surface area contributed by atoms with Crippen LogP contribution in [0.3, 0.4) is 0 Å². The smallest absolute Gasteiger partial charge is 0.310 e. The summed E-state index contributed by atoms with van der Waals surface area (Å²) in [7, 11) is 0. The summed E-state index contributed by atoms with van der Waals surface area (Å²) < 4.78 is 12.5. The maximum absolute atomic E-state index is 13.3. The molecule has 0 spiro atoms. The lowest BCUT2D eigenvalue weighted by Crippen LogP contribution is -2.37. The molecule has 0 saturated heterocycles. The number of hydrogen-bond acceptors (Lipinski definition) is 8. The first-order valence-electron chi connectivity index (χ1n) is 10.4. The molecule has 0 fully saturated rings. The summed E-state index contributed by atoms with van der Waals surface area (Å²) in [5.74, 6) is -0.247. The quantitative estimate of drug-likeness (QED) is 0.218. The molecule has 0 unspecified atom stereocenters. The summed E-state index contributed by atoms with van der Waals surface area (Å²) >= 11 is 11.1. The highest BCUT2D eigenvalue weighted by Gasteiger charge is 2.37. The van der Waals surface area contributed by atoms with Gasteiger partial charge in [-0.1, -0.05) is 55.4 Å². The number of benzene rings is 2. The largest absolute Gasteiger partial charge is 0.447 e. The molecule has 2 aromatic carbocycles. The van der Waals surface area contributed by atoms with E-state index in [0.717, 1.165) is 0 Å². The van der Waals surface area contributed by atoms with E-state index in [2.05, 4.69) is 31.1 Å². The Bertz CT molecular complexity index is 1280. The second-order valence-electron chi connectivity index (χ2n) is 7.19. The van der Waals surface area contributed by atoms with Crippen LogP contribution in [-0.2, 0) is 9.59 Å². The molecule has 2 heterocycles. The molecule has 0 aliphatic carbocycles. The molecule has 1 atom stereocenters. The average molecular weight is 564 g/mol. The van der Waals surface area contributed by atoms with Gasteiger partial charge in [0.2, 0.25) is 23.2 Å². The fraction of sp³-hybridized carbons (Fsp3) is 0.261. The minimum atomic E-state index is -1.05. The zero-order valence-electron chi connectivity index (χ0n) is 18.5. The van der Waals surface area contributed by atoms with Crippen molar-refractivity contribution in [1.82, 2.24) is 15.2 Å². The number of ether oxygens (including phenoxy) is 2. The Morgan fingerprint density at radius 1 is 1.21 bits per heavy atom. The standard InChI is InChI=1S/C23H20BrClN4O4S/c1-4-17(30)29-16-9-7-6-8-13(16)19-21(26-23(34-3)28-27-19)33-22(29)14-10-12(25)11-15(24)20(14)32-18(31)5-2/h6-11,22H,4-5H2,1-3H3/t22-/m1/s1. The summed E-state index contributed by atoms with van der Waals surface area (Å²) in [5.41, 5.74) is 1.99. The van der Waals surface area contributed by atoms with E-state index >= 15 is 0 Å². The maximum Gasteiger partial charge on any atom is 0.310 e. The van der Waals surface area contributed by atoms with E-state index in [1.165, 1.54) is 16.7 Å². The highest BCUT2D eigenvalue weighted by Crippen LogP contribution is 2.47. The minimum Gasteiger partial charge on any atom is -0.447 e. The zero-order valence-corrected chi connectivity index (χ0v) is 21.7. The Morgan fingerprint density at radius 3 is 2.68 bits per heavy atom. The number of aromatic nitrogens is 3. The number of para-hydroxylation sites is 1. The van der Waals surface area contributed by atoms with Crippen LogP contribution in [0.2, 0.25) is 5.02 Å². The van der Waals surface area contributed by atoms with E-state index in [4.69, 9.17) is 21.1 Å².